The van der Waals surface area contributed by atoms with E-state index in [-0.39, 0.29) is 5.97 Å². The molecule has 0 bridgehead atoms. The molecule has 3 heterocycles. The SMILES string of the molecule is CCOC(=O)C12CCc3nc4ccccc4n3C1=CCN(Cc1ccccc1)C2. The first kappa shape index (κ1) is 18.1. The van der Waals surface area contributed by atoms with Crippen LogP contribution in [0.15, 0.2) is 60.7 Å². The van der Waals surface area contributed by atoms with Gasteiger partial charge in [0.15, 0.2) is 0 Å². The molecule has 0 radical (unpaired) electrons. The molecule has 2 aromatic carbocycles. The maximum atomic E-state index is 13.3. The summed E-state index contributed by atoms with van der Waals surface area (Å²) in [6, 6.07) is 18.6. The predicted molar refractivity (Wildman–Crippen MR) is 113 cm³/mol. The minimum Gasteiger partial charge on any atom is -0.465 e. The van der Waals surface area contributed by atoms with Gasteiger partial charge in [0.25, 0.3) is 0 Å². The highest BCUT2D eigenvalue weighted by atomic mass is 16.5. The first-order valence-electron chi connectivity index (χ1n) is 10.3. The summed E-state index contributed by atoms with van der Waals surface area (Å²) in [4.78, 5) is 20.5. The highest BCUT2D eigenvalue weighted by Gasteiger charge is 2.50. The van der Waals surface area contributed by atoms with Crippen molar-refractivity contribution in [2.75, 3.05) is 19.7 Å². The molecule has 0 spiro atoms. The largest absolute Gasteiger partial charge is 0.465 e. The number of carbonyl (C=O) groups excluding carboxylic acids is 1. The molecule has 0 saturated heterocycles. The number of aryl methyl sites for hydroxylation is 1. The molecule has 0 aliphatic carbocycles. The van der Waals surface area contributed by atoms with Gasteiger partial charge >= 0.3 is 5.97 Å². The molecule has 5 heteroatoms. The van der Waals surface area contributed by atoms with E-state index in [4.69, 9.17) is 9.72 Å². The van der Waals surface area contributed by atoms with Crippen molar-refractivity contribution in [2.45, 2.75) is 26.3 Å². The number of para-hydroxylation sites is 2. The molecule has 5 rings (SSSR count). The smallest absolute Gasteiger partial charge is 0.319 e. The van der Waals surface area contributed by atoms with E-state index in [0.717, 1.165) is 48.5 Å². The first-order valence-corrected chi connectivity index (χ1v) is 10.3. The average Bonchev–Trinajstić information content (AvgIpc) is 3.13. The molecule has 0 N–H and O–H groups in total. The number of fused-ring (bicyclic) bond motifs is 5. The van der Waals surface area contributed by atoms with E-state index in [0.29, 0.717) is 13.2 Å². The van der Waals surface area contributed by atoms with Crippen molar-refractivity contribution in [1.29, 1.82) is 0 Å². The average molecular weight is 387 g/mol. The summed E-state index contributed by atoms with van der Waals surface area (Å²) in [6.07, 6.45) is 3.70. The van der Waals surface area contributed by atoms with Crippen molar-refractivity contribution in [2.24, 2.45) is 5.41 Å². The van der Waals surface area contributed by atoms with Crippen molar-refractivity contribution in [3.8, 4) is 0 Å². The number of esters is 1. The topological polar surface area (TPSA) is 47.4 Å². The van der Waals surface area contributed by atoms with Crippen molar-refractivity contribution < 1.29 is 9.53 Å². The van der Waals surface area contributed by atoms with E-state index >= 15 is 0 Å². The highest BCUT2D eigenvalue weighted by Crippen LogP contribution is 2.46. The molecule has 0 saturated carbocycles. The Morgan fingerprint density at radius 3 is 2.76 bits per heavy atom. The number of nitrogens with zero attached hydrogens (tertiary/aromatic N) is 3. The fourth-order valence-corrected chi connectivity index (χ4v) is 4.79. The lowest BCUT2D eigenvalue weighted by molar-refractivity contribution is -0.154. The van der Waals surface area contributed by atoms with Crippen LogP contribution in [-0.4, -0.2) is 40.1 Å². The van der Waals surface area contributed by atoms with Gasteiger partial charge in [-0.2, -0.15) is 0 Å². The Bertz CT molecular complexity index is 1090. The molecule has 148 valence electrons. The summed E-state index contributed by atoms with van der Waals surface area (Å²) in [6.45, 7) is 4.56. The Labute approximate surface area is 170 Å². The Morgan fingerprint density at radius 2 is 1.93 bits per heavy atom. The summed E-state index contributed by atoms with van der Waals surface area (Å²) in [5.74, 6) is 0.918. The molecule has 29 heavy (non-hydrogen) atoms. The van der Waals surface area contributed by atoms with Crippen molar-refractivity contribution in [1.82, 2.24) is 14.5 Å². The number of benzene rings is 2. The minimum absolute atomic E-state index is 0.118. The lowest BCUT2D eigenvalue weighted by atomic mass is 9.74. The van der Waals surface area contributed by atoms with Crippen LogP contribution in [0.4, 0.5) is 0 Å². The van der Waals surface area contributed by atoms with E-state index in [9.17, 15) is 4.79 Å². The zero-order valence-electron chi connectivity index (χ0n) is 16.7. The summed E-state index contributed by atoms with van der Waals surface area (Å²) in [5.41, 5.74) is 3.69. The first-order chi connectivity index (χ1) is 14.2. The van der Waals surface area contributed by atoms with Gasteiger partial charge in [0.1, 0.15) is 11.2 Å². The van der Waals surface area contributed by atoms with Gasteiger partial charge in [-0.25, -0.2) is 4.98 Å². The Hall–Kier alpha value is -2.92. The van der Waals surface area contributed by atoms with Crippen LogP contribution in [0.5, 0.6) is 0 Å². The van der Waals surface area contributed by atoms with Gasteiger partial charge in [-0.05, 0) is 37.1 Å². The van der Waals surface area contributed by atoms with Gasteiger partial charge in [-0.3, -0.25) is 14.3 Å². The van der Waals surface area contributed by atoms with Gasteiger partial charge < -0.3 is 4.74 Å². The molecule has 5 nitrogen and oxygen atoms in total. The van der Waals surface area contributed by atoms with Crippen molar-refractivity contribution >= 4 is 22.7 Å². The van der Waals surface area contributed by atoms with Crippen LogP contribution in [0.3, 0.4) is 0 Å². The third-order valence-corrected chi connectivity index (χ3v) is 6.09. The Kier molecular flexibility index (Phi) is 4.47. The molecule has 1 atom stereocenters. The number of imidazole rings is 1. The quantitative estimate of drug-likeness (QED) is 0.637. The van der Waals surface area contributed by atoms with Crippen LogP contribution < -0.4 is 0 Å². The molecule has 1 aromatic heterocycles. The molecule has 1 unspecified atom stereocenters. The van der Waals surface area contributed by atoms with Gasteiger partial charge in [-0.1, -0.05) is 42.5 Å². The molecule has 2 aliphatic heterocycles. The standard InChI is InChI=1S/C24H25N3O2/c1-2-29-23(28)24-14-12-22-25-19-10-6-7-11-20(19)27(22)21(24)13-15-26(17-24)16-18-8-4-3-5-9-18/h3-11,13H,2,12,14-17H2,1H3. The van der Waals surface area contributed by atoms with E-state index in [1.54, 1.807) is 0 Å². The van der Waals surface area contributed by atoms with Crippen LogP contribution in [0, 0.1) is 5.41 Å². The fraction of sp³-hybridized carbons (Fsp3) is 0.333. The minimum atomic E-state index is -0.653. The van der Waals surface area contributed by atoms with Crippen LogP contribution in [-0.2, 0) is 22.5 Å². The van der Waals surface area contributed by atoms with E-state index in [2.05, 4.69) is 45.9 Å². The third-order valence-electron chi connectivity index (χ3n) is 6.09. The van der Waals surface area contributed by atoms with E-state index in [1.165, 1.54) is 5.56 Å². The zero-order valence-corrected chi connectivity index (χ0v) is 16.7. The summed E-state index contributed by atoms with van der Waals surface area (Å²) in [5, 5.41) is 0. The second-order valence-corrected chi connectivity index (χ2v) is 7.90. The van der Waals surface area contributed by atoms with Crippen molar-refractivity contribution in [3.63, 3.8) is 0 Å². The lowest BCUT2D eigenvalue weighted by Crippen LogP contribution is -2.51. The van der Waals surface area contributed by atoms with E-state index < -0.39 is 5.41 Å². The molecular formula is C24H25N3O2. The maximum Gasteiger partial charge on any atom is 0.319 e. The zero-order chi connectivity index (χ0) is 19.8. The molecule has 0 amide bonds. The van der Waals surface area contributed by atoms with Gasteiger partial charge in [0.2, 0.25) is 0 Å². The summed E-state index contributed by atoms with van der Waals surface area (Å²) < 4.78 is 7.81. The maximum absolute atomic E-state index is 13.3. The fourth-order valence-electron chi connectivity index (χ4n) is 4.79. The van der Waals surface area contributed by atoms with Crippen LogP contribution in [0.2, 0.25) is 0 Å². The summed E-state index contributed by atoms with van der Waals surface area (Å²) >= 11 is 0. The van der Waals surface area contributed by atoms with Gasteiger partial charge in [0, 0.05) is 31.8 Å². The Morgan fingerprint density at radius 1 is 1.14 bits per heavy atom. The second-order valence-electron chi connectivity index (χ2n) is 7.90. The molecule has 3 aromatic rings. The Balaban J connectivity index is 1.59. The van der Waals surface area contributed by atoms with Gasteiger partial charge in [-0.15, -0.1) is 0 Å². The number of carbonyl (C=O) groups is 1. The number of aromatic nitrogens is 2. The van der Waals surface area contributed by atoms with Crippen LogP contribution >= 0.6 is 0 Å². The normalized spacial score (nSPS) is 21.3. The molecule has 2 aliphatic rings. The van der Waals surface area contributed by atoms with Crippen molar-refractivity contribution in [3.05, 3.63) is 72.1 Å². The predicted octanol–water partition coefficient (Wildman–Crippen LogP) is 3.89. The lowest BCUT2D eigenvalue weighted by Gasteiger charge is -2.44. The number of hydrogen-bond acceptors (Lipinski definition) is 4. The highest BCUT2D eigenvalue weighted by molar-refractivity contribution is 5.93. The number of ether oxygens (including phenoxy) is 1. The molecular weight excluding hydrogens is 362 g/mol. The number of rotatable bonds is 4. The third kappa shape index (κ3) is 2.97. The van der Waals surface area contributed by atoms with Gasteiger partial charge in [0.05, 0.1) is 17.6 Å². The number of hydrogen-bond donors (Lipinski definition) is 0. The molecule has 0 fully saturated rings. The van der Waals surface area contributed by atoms with E-state index in [1.807, 2.05) is 31.2 Å². The summed E-state index contributed by atoms with van der Waals surface area (Å²) in [7, 11) is 0. The monoisotopic (exact) mass is 387 g/mol. The van der Waals surface area contributed by atoms with Crippen LogP contribution in [0.25, 0.3) is 16.7 Å². The second kappa shape index (κ2) is 7.16. The van der Waals surface area contributed by atoms with Crippen LogP contribution in [0.1, 0.15) is 24.7 Å².